The molecule has 0 radical (unpaired) electrons. The molecule has 1 aromatic rings. The van der Waals surface area contributed by atoms with E-state index < -0.39 is 5.91 Å². The van der Waals surface area contributed by atoms with Gasteiger partial charge in [0, 0.05) is 17.8 Å². The van der Waals surface area contributed by atoms with Crippen LogP contribution in [-0.2, 0) is 12.8 Å². The van der Waals surface area contributed by atoms with E-state index in [1.54, 1.807) is 0 Å². The normalized spacial score (nSPS) is 25.4. The topological polar surface area (TPSA) is 94.0 Å². The number of anilines is 1. The van der Waals surface area contributed by atoms with E-state index in [9.17, 15) is 4.79 Å². The highest BCUT2D eigenvalue weighted by Gasteiger charge is 2.34. The number of fused-ring (bicyclic) bond motifs is 1. The Morgan fingerprint density at radius 3 is 2.78 bits per heavy atom. The summed E-state index contributed by atoms with van der Waals surface area (Å²) in [6.07, 6.45) is 5.23. The van der Waals surface area contributed by atoms with Crippen LogP contribution < -0.4 is 16.8 Å². The lowest BCUT2D eigenvalue weighted by molar-refractivity contribution is 0.100. The van der Waals surface area contributed by atoms with Crippen molar-refractivity contribution in [2.45, 2.75) is 44.2 Å². The van der Waals surface area contributed by atoms with Gasteiger partial charge < -0.3 is 16.8 Å². The fourth-order valence-corrected chi connectivity index (χ4v) is 2.49. The van der Waals surface area contributed by atoms with Gasteiger partial charge in [-0.1, -0.05) is 0 Å². The van der Waals surface area contributed by atoms with E-state index in [1.807, 2.05) is 6.07 Å². The number of pyridine rings is 1. The largest absolute Gasteiger partial charge is 0.365 e. The van der Waals surface area contributed by atoms with Gasteiger partial charge in [0.25, 0.3) is 5.91 Å². The van der Waals surface area contributed by atoms with E-state index in [0.29, 0.717) is 11.4 Å². The summed E-state index contributed by atoms with van der Waals surface area (Å²) in [6, 6.07) is 2.31. The molecule has 1 saturated carbocycles. The Balaban J connectivity index is 1.96. The number of nitrogens with two attached hydrogens (primary N) is 2. The molecule has 0 saturated heterocycles. The molecule has 96 valence electrons. The SMILES string of the molecule is NC(=O)c1cc2c(nc1NC1CC1N)CCCC2. The molecule has 18 heavy (non-hydrogen) atoms. The molecule has 2 aliphatic carbocycles. The Morgan fingerprint density at radius 2 is 2.11 bits per heavy atom. The zero-order chi connectivity index (χ0) is 12.7. The van der Waals surface area contributed by atoms with Gasteiger partial charge in [-0.05, 0) is 43.7 Å². The maximum atomic E-state index is 11.5. The summed E-state index contributed by atoms with van der Waals surface area (Å²) in [6.45, 7) is 0. The van der Waals surface area contributed by atoms with E-state index in [1.165, 1.54) is 5.56 Å². The number of carbonyl (C=O) groups excluding carboxylic acids is 1. The number of rotatable bonds is 3. The quantitative estimate of drug-likeness (QED) is 0.726. The van der Waals surface area contributed by atoms with Crippen molar-refractivity contribution in [2.75, 3.05) is 5.32 Å². The Bertz CT molecular complexity index is 500. The van der Waals surface area contributed by atoms with Gasteiger partial charge in [0.1, 0.15) is 5.82 Å². The first kappa shape index (κ1) is 11.5. The van der Waals surface area contributed by atoms with Crippen molar-refractivity contribution in [2.24, 2.45) is 11.5 Å². The third-order valence-electron chi connectivity index (χ3n) is 3.73. The first-order chi connectivity index (χ1) is 8.65. The van der Waals surface area contributed by atoms with Crippen LogP contribution in [0.15, 0.2) is 6.07 Å². The zero-order valence-electron chi connectivity index (χ0n) is 10.3. The third-order valence-corrected chi connectivity index (χ3v) is 3.73. The Hall–Kier alpha value is -1.62. The average Bonchev–Trinajstić information content (AvgIpc) is 3.04. The van der Waals surface area contributed by atoms with Gasteiger partial charge in [-0.15, -0.1) is 0 Å². The second kappa shape index (κ2) is 4.24. The second-order valence-corrected chi connectivity index (χ2v) is 5.21. The summed E-state index contributed by atoms with van der Waals surface area (Å²) < 4.78 is 0. The van der Waals surface area contributed by atoms with Gasteiger partial charge in [-0.3, -0.25) is 4.79 Å². The van der Waals surface area contributed by atoms with Gasteiger partial charge in [-0.2, -0.15) is 0 Å². The number of hydrogen-bond acceptors (Lipinski definition) is 4. The van der Waals surface area contributed by atoms with Crippen molar-refractivity contribution < 1.29 is 4.79 Å². The Labute approximate surface area is 106 Å². The molecular formula is C13H18N4O. The number of nitrogens with zero attached hydrogens (tertiary/aromatic N) is 1. The fourth-order valence-electron chi connectivity index (χ4n) is 2.49. The van der Waals surface area contributed by atoms with Crippen molar-refractivity contribution >= 4 is 11.7 Å². The number of primary amides is 1. The van der Waals surface area contributed by atoms with E-state index in [2.05, 4.69) is 10.3 Å². The van der Waals surface area contributed by atoms with Crippen LogP contribution in [0.3, 0.4) is 0 Å². The minimum Gasteiger partial charge on any atom is -0.365 e. The first-order valence-electron chi connectivity index (χ1n) is 6.50. The summed E-state index contributed by atoms with van der Waals surface area (Å²) in [7, 11) is 0. The van der Waals surface area contributed by atoms with E-state index in [0.717, 1.165) is 37.8 Å². The summed E-state index contributed by atoms with van der Waals surface area (Å²) >= 11 is 0. The molecule has 1 heterocycles. The standard InChI is InChI=1S/C13H18N4O/c14-9-6-11(9)17-13-8(12(15)18)5-7-3-1-2-4-10(7)16-13/h5,9,11H,1-4,6,14H2,(H2,15,18)(H,16,17). The smallest absolute Gasteiger partial charge is 0.252 e. The molecule has 1 fully saturated rings. The average molecular weight is 246 g/mol. The van der Waals surface area contributed by atoms with Gasteiger partial charge in [0.2, 0.25) is 0 Å². The van der Waals surface area contributed by atoms with E-state index >= 15 is 0 Å². The third kappa shape index (κ3) is 2.06. The summed E-state index contributed by atoms with van der Waals surface area (Å²) in [4.78, 5) is 16.1. The minimum absolute atomic E-state index is 0.170. The van der Waals surface area contributed by atoms with Gasteiger partial charge in [0.15, 0.2) is 0 Å². The van der Waals surface area contributed by atoms with Crippen LogP contribution in [0.1, 0.15) is 40.9 Å². The number of carbonyl (C=O) groups is 1. The van der Waals surface area contributed by atoms with Crippen LogP contribution >= 0.6 is 0 Å². The highest BCUT2D eigenvalue weighted by atomic mass is 16.1. The number of amides is 1. The molecule has 2 unspecified atom stereocenters. The molecule has 0 aliphatic heterocycles. The maximum absolute atomic E-state index is 11.5. The number of aromatic nitrogens is 1. The molecule has 2 aliphatic rings. The lowest BCUT2D eigenvalue weighted by Gasteiger charge is -2.18. The first-order valence-corrected chi connectivity index (χ1v) is 6.50. The maximum Gasteiger partial charge on any atom is 0.252 e. The van der Waals surface area contributed by atoms with Crippen LogP contribution in [0.5, 0.6) is 0 Å². The number of hydrogen-bond donors (Lipinski definition) is 3. The van der Waals surface area contributed by atoms with Crippen molar-refractivity contribution in [3.05, 3.63) is 22.9 Å². The van der Waals surface area contributed by atoms with Crippen molar-refractivity contribution in [1.29, 1.82) is 0 Å². The van der Waals surface area contributed by atoms with Crippen LogP contribution in [0.25, 0.3) is 0 Å². The van der Waals surface area contributed by atoms with Crippen LogP contribution in [0.4, 0.5) is 5.82 Å². The van der Waals surface area contributed by atoms with Crippen molar-refractivity contribution in [1.82, 2.24) is 4.98 Å². The molecule has 3 rings (SSSR count). The van der Waals surface area contributed by atoms with Gasteiger partial charge in [-0.25, -0.2) is 4.98 Å². The molecule has 5 N–H and O–H groups in total. The minimum atomic E-state index is -0.424. The number of aryl methyl sites for hydroxylation is 2. The van der Waals surface area contributed by atoms with Crippen molar-refractivity contribution in [3.63, 3.8) is 0 Å². The second-order valence-electron chi connectivity index (χ2n) is 5.21. The van der Waals surface area contributed by atoms with Crippen LogP contribution in [0, 0.1) is 0 Å². The summed E-state index contributed by atoms with van der Waals surface area (Å²) in [5.41, 5.74) is 14.0. The predicted molar refractivity (Wildman–Crippen MR) is 69.4 cm³/mol. The molecule has 5 nitrogen and oxygen atoms in total. The summed E-state index contributed by atoms with van der Waals surface area (Å²) in [5, 5.41) is 3.23. The zero-order valence-corrected chi connectivity index (χ0v) is 10.3. The highest BCUT2D eigenvalue weighted by Crippen LogP contribution is 2.28. The van der Waals surface area contributed by atoms with Gasteiger partial charge in [0.05, 0.1) is 5.56 Å². The molecule has 1 amide bonds. The van der Waals surface area contributed by atoms with E-state index in [4.69, 9.17) is 11.5 Å². The van der Waals surface area contributed by atoms with Gasteiger partial charge >= 0.3 is 0 Å². The molecule has 0 spiro atoms. The highest BCUT2D eigenvalue weighted by molar-refractivity contribution is 5.98. The monoisotopic (exact) mass is 246 g/mol. The Morgan fingerprint density at radius 1 is 1.39 bits per heavy atom. The number of nitrogens with one attached hydrogen (secondary N) is 1. The lowest BCUT2D eigenvalue weighted by Crippen LogP contribution is -2.21. The molecule has 0 bridgehead atoms. The molecule has 0 aromatic carbocycles. The Kier molecular flexibility index (Phi) is 2.70. The molecule has 2 atom stereocenters. The van der Waals surface area contributed by atoms with Crippen LogP contribution in [0.2, 0.25) is 0 Å². The molecule has 5 heteroatoms. The molecule has 1 aromatic heterocycles. The summed E-state index contributed by atoms with van der Waals surface area (Å²) in [5.74, 6) is 0.189. The lowest BCUT2D eigenvalue weighted by atomic mass is 9.94. The van der Waals surface area contributed by atoms with Crippen molar-refractivity contribution in [3.8, 4) is 0 Å². The van der Waals surface area contributed by atoms with E-state index in [-0.39, 0.29) is 12.1 Å². The fraction of sp³-hybridized carbons (Fsp3) is 0.538. The predicted octanol–water partition coefficient (Wildman–Crippen LogP) is 0.571. The molecular weight excluding hydrogens is 228 g/mol. The van der Waals surface area contributed by atoms with Crippen LogP contribution in [-0.4, -0.2) is 23.0 Å².